The Morgan fingerprint density at radius 2 is 1.84 bits per heavy atom. The number of hydrogen-bond acceptors (Lipinski definition) is 3. The van der Waals surface area contributed by atoms with E-state index in [1.165, 1.54) is 26.0 Å². The first kappa shape index (κ1) is 15.1. The molecule has 19 heavy (non-hydrogen) atoms. The largest absolute Gasteiger partial charge is 0.465 e. The van der Waals surface area contributed by atoms with Crippen LogP contribution in [0.3, 0.4) is 0 Å². The van der Waals surface area contributed by atoms with Crippen molar-refractivity contribution in [2.75, 3.05) is 6.61 Å². The molecule has 0 saturated carbocycles. The molecule has 0 atom stereocenters. The summed E-state index contributed by atoms with van der Waals surface area (Å²) in [5.74, 6) is -1.32. The van der Waals surface area contributed by atoms with Crippen LogP contribution in [0.2, 0.25) is 0 Å². The minimum atomic E-state index is -1.24. The minimum Gasteiger partial charge on any atom is -0.465 e. The molecule has 104 valence electrons. The maximum Gasteiger partial charge on any atom is 0.321 e. The van der Waals surface area contributed by atoms with Gasteiger partial charge in [-0.15, -0.1) is 0 Å². The highest BCUT2D eigenvalue weighted by molar-refractivity contribution is 6.01. The summed E-state index contributed by atoms with van der Waals surface area (Å²) in [5, 5.41) is 2.64. The average molecular weight is 267 g/mol. The van der Waals surface area contributed by atoms with Crippen molar-refractivity contribution in [1.82, 2.24) is 5.32 Å². The van der Waals surface area contributed by atoms with Gasteiger partial charge < -0.3 is 10.1 Å². The van der Waals surface area contributed by atoms with Crippen molar-refractivity contribution in [2.45, 2.75) is 27.3 Å². The Hall–Kier alpha value is -1.91. The SMILES string of the molecule is CCOC(=O)C(C)(C)C(=O)NCc1ccc(F)cc1. The summed E-state index contributed by atoms with van der Waals surface area (Å²) >= 11 is 0. The zero-order chi connectivity index (χ0) is 14.5. The van der Waals surface area contributed by atoms with Gasteiger partial charge in [0.15, 0.2) is 0 Å². The normalized spacial score (nSPS) is 10.9. The lowest BCUT2D eigenvalue weighted by Crippen LogP contribution is -2.43. The van der Waals surface area contributed by atoms with E-state index in [0.29, 0.717) is 0 Å². The van der Waals surface area contributed by atoms with Gasteiger partial charge in [0.1, 0.15) is 11.2 Å². The lowest BCUT2D eigenvalue weighted by Gasteiger charge is -2.21. The Labute approximate surface area is 112 Å². The molecule has 1 rings (SSSR count). The fourth-order valence-corrected chi connectivity index (χ4v) is 1.41. The van der Waals surface area contributed by atoms with Gasteiger partial charge in [-0.05, 0) is 38.5 Å². The zero-order valence-corrected chi connectivity index (χ0v) is 11.3. The molecule has 1 N–H and O–H groups in total. The van der Waals surface area contributed by atoms with E-state index in [4.69, 9.17) is 4.74 Å². The summed E-state index contributed by atoms with van der Waals surface area (Å²) in [6, 6.07) is 5.79. The van der Waals surface area contributed by atoms with Crippen molar-refractivity contribution in [1.29, 1.82) is 0 Å². The molecule has 0 fully saturated rings. The number of esters is 1. The number of benzene rings is 1. The number of carbonyl (C=O) groups excluding carboxylic acids is 2. The smallest absolute Gasteiger partial charge is 0.321 e. The fourth-order valence-electron chi connectivity index (χ4n) is 1.41. The van der Waals surface area contributed by atoms with Crippen LogP contribution < -0.4 is 5.32 Å². The van der Waals surface area contributed by atoms with E-state index in [1.807, 2.05) is 0 Å². The number of hydrogen-bond donors (Lipinski definition) is 1. The van der Waals surface area contributed by atoms with Crippen LogP contribution in [0.1, 0.15) is 26.3 Å². The first-order valence-electron chi connectivity index (χ1n) is 6.08. The number of halogens is 1. The molecule has 0 aromatic heterocycles. The van der Waals surface area contributed by atoms with Gasteiger partial charge in [-0.1, -0.05) is 12.1 Å². The van der Waals surface area contributed by atoms with Crippen molar-refractivity contribution in [3.05, 3.63) is 35.6 Å². The van der Waals surface area contributed by atoms with Crippen molar-refractivity contribution in [2.24, 2.45) is 5.41 Å². The highest BCUT2D eigenvalue weighted by Gasteiger charge is 2.37. The Balaban J connectivity index is 2.59. The zero-order valence-electron chi connectivity index (χ0n) is 11.3. The highest BCUT2D eigenvalue weighted by Crippen LogP contribution is 2.17. The van der Waals surface area contributed by atoms with Crippen molar-refractivity contribution in [3.63, 3.8) is 0 Å². The van der Waals surface area contributed by atoms with Gasteiger partial charge in [0.05, 0.1) is 6.61 Å². The first-order valence-corrected chi connectivity index (χ1v) is 6.08. The lowest BCUT2D eigenvalue weighted by atomic mass is 9.92. The van der Waals surface area contributed by atoms with Gasteiger partial charge in [-0.25, -0.2) is 4.39 Å². The van der Waals surface area contributed by atoms with Crippen LogP contribution in [0.15, 0.2) is 24.3 Å². The molecule has 0 bridgehead atoms. The third kappa shape index (κ3) is 4.05. The molecule has 0 saturated heterocycles. The van der Waals surface area contributed by atoms with Crippen LogP contribution in [-0.2, 0) is 20.9 Å². The van der Waals surface area contributed by atoms with Crippen LogP contribution >= 0.6 is 0 Å². The number of carbonyl (C=O) groups is 2. The van der Waals surface area contributed by atoms with Gasteiger partial charge in [0.25, 0.3) is 0 Å². The molecule has 0 spiro atoms. The molecule has 1 amide bonds. The molecule has 0 unspecified atom stereocenters. The second kappa shape index (κ2) is 6.31. The van der Waals surface area contributed by atoms with Crippen molar-refractivity contribution < 1.29 is 18.7 Å². The standard InChI is InChI=1S/C14H18FNO3/c1-4-19-13(18)14(2,3)12(17)16-9-10-5-7-11(15)8-6-10/h5-8H,4,9H2,1-3H3,(H,16,17). The molecule has 4 nitrogen and oxygen atoms in total. The van der Waals surface area contributed by atoms with Gasteiger partial charge in [-0.2, -0.15) is 0 Å². The predicted molar refractivity (Wildman–Crippen MR) is 68.7 cm³/mol. The summed E-state index contributed by atoms with van der Waals surface area (Å²) in [7, 11) is 0. The van der Waals surface area contributed by atoms with E-state index in [2.05, 4.69) is 5.32 Å². The minimum absolute atomic E-state index is 0.230. The Kier molecular flexibility index (Phi) is 5.03. The molecule has 0 heterocycles. The Morgan fingerprint density at radius 1 is 1.26 bits per heavy atom. The summed E-state index contributed by atoms with van der Waals surface area (Å²) in [6.07, 6.45) is 0. The molecule has 0 aliphatic heterocycles. The molecule has 5 heteroatoms. The van der Waals surface area contributed by atoms with Crippen LogP contribution in [-0.4, -0.2) is 18.5 Å². The maximum absolute atomic E-state index is 12.7. The van der Waals surface area contributed by atoms with Crippen LogP contribution in [0.4, 0.5) is 4.39 Å². The molecule has 0 radical (unpaired) electrons. The molecular formula is C14H18FNO3. The molecule has 1 aromatic carbocycles. The van der Waals surface area contributed by atoms with Crippen LogP contribution in [0, 0.1) is 11.2 Å². The van der Waals surface area contributed by atoms with E-state index in [9.17, 15) is 14.0 Å². The van der Waals surface area contributed by atoms with E-state index in [0.717, 1.165) is 5.56 Å². The molecule has 0 aliphatic carbocycles. The molecule has 0 aliphatic rings. The molecular weight excluding hydrogens is 249 g/mol. The van der Waals surface area contributed by atoms with Crippen LogP contribution in [0.25, 0.3) is 0 Å². The number of nitrogens with one attached hydrogen (secondary N) is 1. The summed E-state index contributed by atoms with van der Waals surface area (Å²) in [4.78, 5) is 23.6. The summed E-state index contributed by atoms with van der Waals surface area (Å²) < 4.78 is 17.6. The van der Waals surface area contributed by atoms with E-state index in [-0.39, 0.29) is 19.0 Å². The maximum atomic E-state index is 12.7. The third-order valence-corrected chi connectivity index (χ3v) is 2.72. The number of amides is 1. The van der Waals surface area contributed by atoms with Gasteiger partial charge in [-0.3, -0.25) is 9.59 Å². The summed E-state index contributed by atoms with van der Waals surface area (Å²) in [6.45, 7) is 5.16. The first-order chi connectivity index (χ1) is 8.87. The van der Waals surface area contributed by atoms with Crippen LogP contribution in [0.5, 0.6) is 0 Å². The summed E-state index contributed by atoms with van der Waals surface area (Å²) in [5.41, 5.74) is -0.481. The highest BCUT2D eigenvalue weighted by atomic mass is 19.1. The monoisotopic (exact) mass is 267 g/mol. The predicted octanol–water partition coefficient (Wildman–Crippen LogP) is 2.03. The second-order valence-corrected chi connectivity index (χ2v) is 4.65. The van der Waals surface area contributed by atoms with Crippen molar-refractivity contribution >= 4 is 11.9 Å². The Morgan fingerprint density at radius 3 is 2.37 bits per heavy atom. The quantitative estimate of drug-likeness (QED) is 0.656. The van der Waals surface area contributed by atoms with E-state index in [1.54, 1.807) is 19.1 Å². The number of rotatable bonds is 5. The van der Waals surface area contributed by atoms with E-state index >= 15 is 0 Å². The third-order valence-electron chi connectivity index (χ3n) is 2.72. The lowest BCUT2D eigenvalue weighted by molar-refractivity contribution is -0.158. The van der Waals surface area contributed by atoms with Crippen molar-refractivity contribution in [3.8, 4) is 0 Å². The number of ether oxygens (including phenoxy) is 1. The van der Waals surface area contributed by atoms with Gasteiger partial charge in [0.2, 0.25) is 5.91 Å². The average Bonchev–Trinajstić information content (AvgIpc) is 2.37. The van der Waals surface area contributed by atoms with Gasteiger partial charge in [0, 0.05) is 6.54 Å². The molecule has 1 aromatic rings. The fraction of sp³-hybridized carbons (Fsp3) is 0.429. The second-order valence-electron chi connectivity index (χ2n) is 4.65. The topological polar surface area (TPSA) is 55.4 Å². The van der Waals surface area contributed by atoms with E-state index < -0.39 is 17.3 Å². The van der Waals surface area contributed by atoms with Gasteiger partial charge >= 0.3 is 5.97 Å². The Bertz CT molecular complexity index is 454.